The van der Waals surface area contributed by atoms with Crippen molar-refractivity contribution in [1.82, 2.24) is 5.32 Å². The molecule has 1 aromatic carbocycles. The molecule has 0 spiro atoms. The fourth-order valence-corrected chi connectivity index (χ4v) is 3.42. The molecule has 2 heterocycles. The van der Waals surface area contributed by atoms with Gasteiger partial charge in [0.05, 0.1) is 24.0 Å². The third-order valence-electron chi connectivity index (χ3n) is 4.42. The second-order valence-electron chi connectivity index (χ2n) is 5.71. The van der Waals surface area contributed by atoms with Crippen molar-refractivity contribution in [3.63, 3.8) is 0 Å². The highest BCUT2D eigenvalue weighted by Gasteiger charge is 2.55. The topological polar surface area (TPSA) is 75.6 Å². The van der Waals surface area contributed by atoms with E-state index in [1.807, 2.05) is 30.3 Å². The van der Waals surface area contributed by atoms with Gasteiger partial charge in [0.1, 0.15) is 0 Å². The third kappa shape index (κ3) is 2.78. The quantitative estimate of drug-likeness (QED) is 0.854. The lowest BCUT2D eigenvalue weighted by molar-refractivity contribution is -0.147. The molecule has 2 N–H and O–H groups in total. The van der Waals surface area contributed by atoms with Gasteiger partial charge in [-0.1, -0.05) is 30.3 Å². The van der Waals surface area contributed by atoms with E-state index in [4.69, 9.17) is 4.74 Å². The molecule has 2 bridgehead atoms. The van der Waals surface area contributed by atoms with Crippen LogP contribution in [-0.4, -0.2) is 35.7 Å². The van der Waals surface area contributed by atoms with Gasteiger partial charge in [-0.2, -0.15) is 0 Å². The molecule has 5 nitrogen and oxygen atoms in total. The summed E-state index contributed by atoms with van der Waals surface area (Å²) in [5.74, 6) is -2.35. The number of carbonyl (C=O) groups excluding carboxylic acids is 1. The average molecular weight is 289 g/mol. The standard InChI is InChI=1S/C16H19NO4/c18-15(17-9-8-10-4-2-1-3-5-10)13-11-6-7-12(21-11)14(13)16(19)20/h1-5,11-14H,6-9H2,(H,17,18)(H,19,20)/t11-,12+,13-,14-/m0/s1. The predicted octanol–water partition coefficient (Wildman–Crippen LogP) is 1.22. The van der Waals surface area contributed by atoms with Gasteiger partial charge in [-0.15, -0.1) is 0 Å². The molecule has 1 aromatic rings. The van der Waals surface area contributed by atoms with Crippen LogP contribution in [-0.2, 0) is 20.7 Å². The number of carboxylic acids is 1. The van der Waals surface area contributed by atoms with Crippen molar-refractivity contribution in [2.75, 3.05) is 6.54 Å². The highest BCUT2D eigenvalue weighted by Crippen LogP contribution is 2.43. The fraction of sp³-hybridized carbons (Fsp3) is 0.500. The number of carboxylic acid groups (broad SMARTS) is 1. The summed E-state index contributed by atoms with van der Waals surface area (Å²) in [5.41, 5.74) is 1.15. The summed E-state index contributed by atoms with van der Waals surface area (Å²) < 4.78 is 5.60. The molecule has 4 atom stereocenters. The first-order valence-electron chi connectivity index (χ1n) is 7.36. The minimum atomic E-state index is -0.926. The Morgan fingerprint density at radius 2 is 1.81 bits per heavy atom. The van der Waals surface area contributed by atoms with Crippen LogP contribution in [0.15, 0.2) is 30.3 Å². The van der Waals surface area contributed by atoms with Crippen LogP contribution in [0, 0.1) is 11.8 Å². The molecule has 5 heteroatoms. The number of amides is 1. The lowest BCUT2D eigenvalue weighted by Crippen LogP contribution is -2.44. The number of ether oxygens (including phenoxy) is 1. The maximum Gasteiger partial charge on any atom is 0.310 e. The summed E-state index contributed by atoms with van der Waals surface area (Å²) in [7, 11) is 0. The lowest BCUT2D eigenvalue weighted by Gasteiger charge is -2.23. The largest absolute Gasteiger partial charge is 0.481 e. The van der Waals surface area contributed by atoms with Crippen molar-refractivity contribution in [2.24, 2.45) is 11.8 Å². The van der Waals surface area contributed by atoms with Gasteiger partial charge in [0.15, 0.2) is 0 Å². The van der Waals surface area contributed by atoms with E-state index >= 15 is 0 Å². The second kappa shape index (κ2) is 5.85. The van der Waals surface area contributed by atoms with Gasteiger partial charge in [0.25, 0.3) is 0 Å². The molecule has 112 valence electrons. The Bertz CT molecular complexity index is 530. The number of hydrogen-bond donors (Lipinski definition) is 2. The molecule has 3 rings (SSSR count). The zero-order valence-electron chi connectivity index (χ0n) is 11.7. The van der Waals surface area contributed by atoms with Crippen LogP contribution in [0.25, 0.3) is 0 Å². The summed E-state index contributed by atoms with van der Waals surface area (Å²) in [5, 5.41) is 12.2. The van der Waals surface area contributed by atoms with E-state index in [2.05, 4.69) is 5.32 Å². The molecular weight excluding hydrogens is 270 g/mol. The molecule has 2 saturated heterocycles. The van der Waals surface area contributed by atoms with Gasteiger partial charge in [-0.25, -0.2) is 0 Å². The normalized spacial score (nSPS) is 30.3. The number of rotatable bonds is 5. The van der Waals surface area contributed by atoms with Gasteiger partial charge in [-0.3, -0.25) is 9.59 Å². The Morgan fingerprint density at radius 3 is 2.48 bits per heavy atom. The predicted molar refractivity (Wildman–Crippen MR) is 75.7 cm³/mol. The summed E-state index contributed by atoms with van der Waals surface area (Å²) in [6.07, 6.45) is 1.75. The Balaban J connectivity index is 1.56. The maximum absolute atomic E-state index is 12.3. The van der Waals surface area contributed by atoms with Crippen molar-refractivity contribution >= 4 is 11.9 Å². The van der Waals surface area contributed by atoms with Crippen molar-refractivity contribution < 1.29 is 19.4 Å². The number of hydrogen-bond acceptors (Lipinski definition) is 3. The Labute approximate surface area is 123 Å². The first kappa shape index (κ1) is 14.1. The zero-order chi connectivity index (χ0) is 14.8. The second-order valence-corrected chi connectivity index (χ2v) is 5.71. The maximum atomic E-state index is 12.3. The van der Waals surface area contributed by atoms with E-state index < -0.39 is 17.8 Å². The first-order chi connectivity index (χ1) is 10.2. The zero-order valence-corrected chi connectivity index (χ0v) is 11.7. The van der Waals surface area contributed by atoms with Crippen molar-refractivity contribution in [3.05, 3.63) is 35.9 Å². The molecule has 0 aliphatic carbocycles. The first-order valence-corrected chi connectivity index (χ1v) is 7.36. The van der Waals surface area contributed by atoms with Gasteiger partial charge in [0, 0.05) is 6.54 Å². The van der Waals surface area contributed by atoms with Crippen LogP contribution >= 0.6 is 0 Å². The van der Waals surface area contributed by atoms with E-state index in [9.17, 15) is 14.7 Å². The number of aliphatic carboxylic acids is 1. The van der Waals surface area contributed by atoms with Gasteiger partial charge in [0.2, 0.25) is 5.91 Å². The minimum Gasteiger partial charge on any atom is -0.481 e. The number of carbonyl (C=O) groups is 2. The van der Waals surface area contributed by atoms with Crippen LogP contribution in [0.5, 0.6) is 0 Å². The van der Waals surface area contributed by atoms with Gasteiger partial charge in [-0.05, 0) is 24.8 Å². The van der Waals surface area contributed by atoms with Crippen LogP contribution in [0.1, 0.15) is 18.4 Å². The van der Waals surface area contributed by atoms with Gasteiger partial charge >= 0.3 is 5.97 Å². The molecule has 2 aliphatic heterocycles. The number of fused-ring (bicyclic) bond motifs is 2. The van der Waals surface area contributed by atoms with E-state index in [-0.39, 0.29) is 18.1 Å². The molecular formula is C16H19NO4. The SMILES string of the molecule is O=C(NCCc1ccccc1)[C@@H]1[C@@H](C(=O)O)[C@H]2CC[C@@H]1O2. The van der Waals surface area contributed by atoms with E-state index in [1.54, 1.807) is 0 Å². The van der Waals surface area contributed by atoms with Gasteiger partial charge < -0.3 is 15.2 Å². The van der Waals surface area contributed by atoms with Crippen molar-refractivity contribution in [2.45, 2.75) is 31.5 Å². The number of benzene rings is 1. The summed E-state index contributed by atoms with van der Waals surface area (Å²) in [6, 6.07) is 9.88. The molecule has 2 aliphatic rings. The molecule has 2 fully saturated rings. The third-order valence-corrected chi connectivity index (χ3v) is 4.42. The molecule has 0 radical (unpaired) electrons. The summed E-state index contributed by atoms with van der Waals surface area (Å²) in [4.78, 5) is 23.6. The molecule has 1 amide bonds. The monoisotopic (exact) mass is 289 g/mol. The average Bonchev–Trinajstić information content (AvgIpc) is 3.08. The fourth-order valence-electron chi connectivity index (χ4n) is 3.42. The van der Waals surface area contributed by atoms with E-state index in [0.717, 1.165) is 24.8 Å². The highest BCUT2D eigenvalue weighted by molar-refractivity contribution is 5.86. The molecule has 0 saturated carbocycles. The number of nitrogens with one attached hydrogen (secondary N) is 1. The van der Waals surface area contributed by atoms with Crippen molar-refractivity contribution in [3.8, 4) is 0 Å². The van der Waals surface area contributed by atoms with E-state index in [1.165, 1.54) is 0 Å². The summed E-state index contributed by atoms with van der Waals surface area (Å²) >= 11 is 0. The lowest BCUT2D eigenvalue weighted by atomic mass is 9.78. The van der Waals surface area contributed by atoms with Crippen LogP contribution in [0.2, 0.25) is 0 Å². The molecule has 21 heavy (non-hydrogen) atoms. The Hall–Kier alpha value is -1.88. The Morgan fingerprint density at radius 1 is 1.14 bits per heavy atom. The van der Waals surface area contributed by atoms with Crippen molar-refractivity contribution in [1.29, 1.82) is 0 Å². The summed E-state index contributed by atoms with van der Waals surface area (Å²) in [6.45, 7) is 0.517. The highest BCUT2D eigenvalue weighted by atomic mass is 16.5. The van der Waals surface area contributed by atoms with E-state index in [0.29, 0.717) is 6.54 Å². The minimum absolute atomic E-state index is 0.189. The van der Waals surface area contributed by atoms with Crippen LogP contribution < -0.4 is 5.32 Å². The van der Waals surface area contributed by atoms with Crippen LogP contribution in [0.3, 0.4) is 0 Å². The van der Waals surface area contributed by atoms with Crippen LogP contribution in [0.4, 0.5) is 0 Å². The Kier molecular flexibility index (Phi) is 3.92. The molecule has 0 aromatic heterocycles. The molecule has 0 unspecified atom stereocenters. The smallest absolute Gasteiger partial charge is 0.310 e.